The van der Waals surface area contributed by atoms with E-state index >= 15 is 0 Å². The molecule has 3 rings (SSSR count). The molecule has 0 unspecified atom stereocenters. The molecule has 1 aromatic carbocycles. The molecule has 0 saturated heterocycles. The van der Waals surface area contributed by atoms with Gasteiger partial charge in [0.25, 0.3) is 0 Å². The molecule has 0 aliphatic rings. The first-order chi connectivity index (χ1) is 8.83. The third-order valence-electron chi connectivity index (χ3n) is 2.79. The minimum absolute atomic E-state index is 0.621. The van der Waals surface area contributed by atoms with Crippen LogP contribution in [0.25, 0.3) is 5.65 Å². The third kappa shape index (κ3) is 2.02. The van der Waals surface area contributed by atoms with Gasteiger partial charge in [-0.2, -0.15) is 0 Å². The zero-order valence-electron chi connectivity index (χ0n) is 10.0. The average molecular weight is 239 g/mol. The van der Waals surface area contributed by atoms with E-state index in [9.17, 15) is 0 Å². The van der Waals surface area contributed by atoms with E-state index in [1.54, 1.807) is 12.5 Å². The van der Waals surface area contributed by atoms with Gasteiger partial charge in [0.05, 0.1) is 6.54 Å². The molecule has 0 amide bonds. The van der Waals surface area contributed by atoms with Crippen LogP contribution in [-0.2, 0) is 6.54 Å². The molecule has 2 aromatic heterocycles. The van der Waals surface area contributed by atoms with Crippen molar-refractivity contribution in [3.8, 4) is 0 Å². The fourth-order valence-corrected chi connectivity index (χ4v) is 1.76. The van der Waals surface area contributed by atoms with Gasteiger partial charge in [-0.25, -0.2) is 4.98 Å². The van der Waals surface area contributed by atoms with E-state index in [-0.39, 0.29) is 0 Å². The maximum atomic E-state index is 4.14. The molecule has 0 radical (unpaired) electrons. The molecule has 0 aliphatic carbocycles. The number of hydrogen-bond donors (Lipinski definition) is 1. The first-order valence-corrected chi connectivity index (χ1v) is 5.77. The van der Waals surface area contributed by atoms with Crippen LogP contribution in [0.4, 0.5) is 5.69 Å². The zero-order valence-corrected chi connectivity index (χ0v) is 10.0. The lowest BCUT2D eigenvalue weighted by Gasteiger charge is -2.05. The molecule has 5 heteroatoms. The lowest BCUT2D eigenvalue weighted by atomic mass is 10.2. The summed E-state index contributed by atoms with van der Waals surface area (Å²) in [5.41, 5.74) is 3.13. The van der Waals surface area contributed by atoms with Crippen LogP contribution >= 0.6 is 0 Å². The lowest BCUT2D eigenvalue weighted by Crippen LogP contribution is -2.04. The second-order valence-electron chi connectivity index (χ2n) is 4.14. The highest BCUT2D eigenvalue weighted by molar-refractivity contribution is 5.45. The highest BCUT2D eigenvalue weighted by atomic mass is 15.3. The summed E-state index contributed by atoms with van der Waals surface area (Å²) in [6.07, 6.45) is 3.43. The number of aryl methyl sites for hydroxylation is 1. The van der Waals surface area contributed by atoms with E-state index in [0.717, 1.165) is 17.2 Å². The van der Waals surface area contributed by atoms with Gasteiger partial charge in [-0.3, -0.25) is 4.40 Å². The van der Waals surface area contributed by atoms with Crippen molar-refractivity contribution in [2.45, 2.75) is 13.5 Å². The topological polar surface area (TPSA) is 55.1 Å². The monoisotopic (exact) mass is 239 g/mol. The number of benzene rings is 1. The summed E-state index contributed by atoms with van der Waals surface area (Å²) in [5.74, 6) is 0.846. The Morgan fingerprint density at radius 1 is 1.11 bits per heavy atom. The normalized spacial score (nSPS) is 10.7. The van der Waals surface area contributed by atoms with E-state index < -0.39 is 0 Å². The molecule has 0 fully saturated rings. The predicted octanol–water partition coefficient (Wildman–Crippen LogP) is 2.04. The van der Waals surface area contributed by atoms with E-state index in [1.165, 1.54) is 5.56 Å². The van der Waals surface area contributed by atoms with Crippen molar-refractivity contribution in [2.24, 2.45) is 0 Å². The average Bonchev–Trinajstić information content (AvgIpc) is 2.82. The summed E-state index contributed by atoms with van der Waals surface area (Å²) in [7, 11) is 0. The van der Waals surface area contributed by atoms with Crippen LogP contribution in [0.1, 0.15) is 11.4 Å². The Bertz CT molecular complexity index is 656. The Kier molecular flexibility index (Phi) is 2.64. The number of rotatable bonds is 3. The van der Waals surface area contributed by atoms with Crippen molar-refractivity contribution in [3.63, 3.8) is 0 Å². The molecular formula is C13H13N5. The summed E-state index contributed by atoms with van der Waals surface area (Å²) in [6.45, 7) is 2.69. The molecule has 0 aliphatic heterocycles. The molecule has 18 heavy (non-hydrogen) atoms. The largest absolute Gasteiger partial charge is 0.378 e. The number of fused-ring (bicyclic) bond motifs is 1. The fourth-order valence-electron chi connectivity index (χ4n) is 1.76. The Morgan fingerprint density at radius 2 is 1.94 bits per heavy atom. The number of nitrogens with zero attached hydrogens (tertiary/aromatic N) is 4. The van der Waals surface area contributed by atoms with Crippen LogP contribution in [0.3, 0.4) is 0 Å². The van der Waals surface area contributed by atoms with Crippen molar-refractivity contribution in [1.29, 1.82) is 0 Å². The van der Waals surface area contributed by atoms with Gasteiger partial charge < -0.3 is 5.32 Å². The van der Waals surface area contributed by atoms with Gasteiger partial charge >= 0.3 is 0 Å². The Balaban J connectivity index is 1.79. The van der Waals surface area contributed by atoms with Crippen LogP contribution in [0.15, 0.2) is 42.9 Å². The number of nitrogens with one attached hydrogen (secondary N) is 1. The molecule has 0 spiro atoms. The van der Waals surface area contributed by atoms with Gasteiger partial charge in [0, 0.05) is 18.0 Å². The fraction of sp³-hybridized carbons (Fsp3) is 0.154. The van der Waals surface area contributed by atoms with Crippen LogP contribution in [0.2, 0.25) is 0 Å². The van der Waals surface area contributed by atoms with Crippen LogP contribution in [0.5, 0.6) is 0 Å². The van der Waals surface area contributed by atoms with Crippen LogP contribution in [-0.4, -0.2) is 19.6 Å². The van der Waals surface area contributed by atoms with E-state index in [1.807, 2.05) is 10.5 Å². The van der Waals surface area contributed by atoms with Crippen molar-refractivity contribution >= 4 is 11.3 Å². The molecule has 1 N–H and O–H groups in total. The smallest absolute Gasteiger partial charge is 0.163 e. The number of aromatic nitrogens is 4. The van der Waals surface area contributed by atoms with Crippen molar-refractivity contribution < 1.29 is 0 Å². The van der Waals surface area contributed by atoms with Gasteiger partial charge in [0.1, 0.15) is 6.33 Å². The Morgan fingerprint density at radius 3 is 2.78 bits per heavy atom. The van der Waals surface area contributed by atoms with E-state index in [4.69, 9.17) is 0 Å². The van der Waals surface area contributed by atoms with Crippen molar-refractivity contribution in [2.75, 3.05) is 5.32 Å². The molecule has 2 heterocycles. The molecule has 0 bridgehead atoms. The third-order valence-corrected chi connectivity index (χ3v) is 2.79. The SMILES string of the molecule is Cc1ccc(NCc2nnc3ccncn23)cc1. The second-order valence-corrected chi connectivity index (χ2v) is 4.14. The maximum Gasteiger partial charge on any atom is 0.163 e. The van der Waals surface area contributed by atoms with Crippen molar-refractivity contribution in [3.05, 3.63) is 54.2 Å². The summed E-state index contributed by atoms with van der Waals surface area (Å²) in [4.78, 5) is 4.07. The van der Waals surface area contributed by atoms with Gasteiger partial charge in [-0.1, -0.05) is 17.7 Å². The lowest BCUT2D eigenvalue weighted by molar-refractivity contribution is 0.904. The summed E-state index contributed by atoms with van der Waals surface area (Å²) in [6, 6.07) is 10.1. The second kappa shape index (κ2) is 4.44. The highest BCUT2D eigenvalue weighted by Crippen LogP contribution is 2.10. The Hall–Kier alpha value is -2.43. The minimum atomic E-state index is 0.621. The molecule has 90 valence electrons. The van der Waals surface area contributed by atoms with Gasteiger partial charge in [-0.05, 0) is 19.1 Å². The summed E-state index contributed by atoms with van der Waals surface area (Å²) < 4.78 is 1.88. The van der Waals surface area contributed by atoms with Gasteiger partial charge in [0.15, 0.2) is 11.5 Å². The Labute approximate surface area is 105 Å². The van der Waals surface area contributed by atoms with Gasteiger partial charge in [-0.15, -0.1) is 10.2 Å². The van der Waals surface area contributed by atoms with Gasteiger partial charge in [0.2, 0.25) is 0 Å². The molecule has 5 nitrogen and oxygen atoms in total. The standard InChI is InChI=1S/C13H13N5/c1-10-2-4-11(5-3-10)15-8-13-17-16-12-6-7-14-9-18(12)13/h2-7,9,15H,8H2,1H3. The number of anilines is 1. The molecule has 0 atom stereocenters. The predicted molar refractivity (Wildman–Crippen MR) is 69.3 cm³/mol. The zero-order chi connectivity index (χ0) is 12.4. The summed E-state index contributed by atoms with van der Waals surface area (Å²) in [5, 5.41) is 11.5. The maximum absolute atomic E-state index is 4.14. The first-order valence-electron chi connectivity index (χ1n) is 5.77. The molecule has 3 aromatic rings. The first kappa shape index (κ1) is 10.7. The van der Waals surface area contributed by atoms with E-state index in [2.05, 4.69) is 51.7 Å². The molecular weight excluding hydrogens is 226 g/mol. The van der Waals surface area contributed by atoms with E-state index in [0.29, 0.717) is 6.54 Å². The quantitative estimate of drug-likeness (QED) is 0.760. The minimum Gasteiger partial charge on any atom is -0.378 e. The van der Waals surface area contributed by atoms with Crippen molar-refractivity contribution in [1.82, 2.24) is 19.6 Å². The highest BCUT2D eigenvalue weighted by Gasteiger charge is 2.04. The number of hydrogen-bond acceptors (Lipinski definition) is 4. The van der Waals surface area contributed by atoms with Crippen LogP contribution < -0.4 is 5.32 Å². The summed E-state index contributed by atoms with van der Waals surface area (Å²) >= 11 is 0. The molecule has 0 saturated carbocycles. The van der Waals surface area contributed by atoms with Crippen LogP contribution in [0, 0.1) is 6.92 Å².